The van der Waals surface area contributed by atoms with Crippen LogP contribution >= 0.6 is 0 Å². The van der Waals surface area contributed by atoms with Crippen molar-refractivity contribution in [2.75, 3.05) is 20.3 Å². The van der Waals surface area contributed by atoms with E-state index in [0.717, 1.165) is 38.6 Å². The maximum Gasteiger partial charge on any atom is 0.227 e. The quantitative estimate of drug-likeness (QED) is 0.757. The molecule has 2 rings (SSSR count). The van der Waals surface area contributed by atoms with Gasteiger partial charge in [-0.05, 0) is 25.7 Å². The van der Waals surface area contributed by atoms with E-state index in [-0.39, 0.29) is 17.9 Å². The summed E-state index contributed by atoms with van der Waals surface area (Å²) in [6.07, 6.45) is 7.81. The zero-order valence-corrected chi connectivity index (χ0v) is 11.4. The molecule has 2 saturated carbocycles. The van der Waals surface area contributed by atoms with E-state index in [1.807, 2.05) is 4.90 Å². The molecule has 1 amide bonds. The molecular weight excluding hydrogens is 228 g/mol. The van der Waals surface area contributed by atoms with Crippen molar-refractivity contribution in [2.24, 2.45) is 11.7 Å². The van der Waals surface area contributed by atoms with Crippen LogP contribution in [0, 0.1) is 5.92 Å². The fraction of sp³-hybridized carbons (Fsp3) is 0.929. The molecule has 0 saturated heterocycles. The normalized spacial score (nSPS) is 28.8. The molecule has 2 aliphatic rings. The van der Waals surface area contributed by atoms with Crippen LogP contribution in [0.4, 0.5) is 0 Å². The van der Waals surface area contributed by atoms with Gasteiger partial charge in [-0.25, -0.2) is 0 Å². The molecule has 0 radical (unpaired) electrons. The maximum absolute atomic E-state index is 12.6. The van der Waals surface area contributed by atoms with Gasteiger partial charge in [-0.3, -0.25) is 4.79 Å². The molecule has 18 heavy (non-hydrogen) atoms. The van der Waals surface area contributed by atoms with E-state index in [4.69, 9.17) is 10.5 Å². The molecule has 0 heterocycles. The molecule has 0 aromatic rings. The first kappa shape index (κ1) is 13.8. The highest BCUT2D eigenvalue weighted by Crippen LogP contribution is 2.31. The standard InChI is InChI=1S/C14H26N2O2/c1-18-10-9-16(11-7-8-11)14(17)12-5-3-2-4-6-13(12)15/h11-13H,2-10,15H2,1H3. The number of nitrogens with zero attached hydrogens (tertiary/aromatic N) is 1. The van der Waals surface area contributed by atoms with Crippen LogP contribution in [-0.4, -0.2) is 43.2 Å². The third-order valence-corrected chi connectivity index (χ3v) is 4.19. The summed E-state index contributed by atoms with van der Waals surface area (Å²) < 4.78 is 5.11. The SMILES string of the molecule is COCCN(C(=O)C1CCCCCC1N)C1CC1. The first-order valence-electron chi connectivity index (χ1n) is 7.29. The third-order valence-electron chi connectivity index (χ3n) is 4.19. The Balaban J connectivity index is 1.96. The number of methoxy groups -OCH3 is 1. The topological polar surface area (TPSA) is 55.6 Å². The number of amides is 1. The molecule has 4 heteroatoms. The Bertz CT molecular complexity index is 279. The summed E-state index contributed by atoms with van der Waals surface area (Å²) in [6, 6.07) is 0.520. The van der Waals surface area contributed by atoms with E-state index < -0.39 is 0 Å². The molecular formula is C14H26N2O2. The van der Waals surface area contributed by atoms with Crippen molar-refractivity contribution in [3.63, 3.8) is 0 Å². The van der Waals surface area contributed by atoms with Crippen LogP contribution in [-0.2, 0) is 9.53 Å². The van der Waals surface area contributed by atoms with Gasteiger partial charge in [0, 0.05) is 25.7 Å². The van der Waals surface area contributed by atoms with Gasteiger partial charge in [0.25, 0.3) is 0 Å². The molecule has 2 aliphatic carbocycles. The van der Waals surface area contributed by atoms with Crippen molar-refractivity contribution < 1.29 is 9.53 Å². The minimum atomic E-state index is 0.0463. The summed E-state index contributed by atoms with van der Waals surface area (Å²) in [5.41, 5.74) is 6.19. The molecule has 0 aromatic carbocycles. The average molecular weight is 254 g/mol. The lowest BCUT2D eigenvalue weighted by molar-refractivity contribution is -0.137. The molecule has 104 valence electrons. The Hall–Kier alpha value is -0.610. The number of nitrogens with two attached hydrogens (primary N) is 1. The summed E-state index contributed by atoms with van der Waals surface area (Å²) in [5, 5.41) is 0. The van der Waals surface area contributed by atoms with E-state index in [1.165, 1.54) is 12.8 Å². The second-order valence-electron chi connectivity index (χ2n) is 5.66. The molecule has 0 aromatic heterocycles. The average Bonchev–Trinajstić information content (AvgIpc) is 3.17. The molecule has 2 unspecified atom stereocenters. The summed E-state index contributed by atoms with van der Waals surface area (Å²) in [4.78, 5) is 14.7. The van der Waals surface area contributed by atoms with Crippen molar-refractivity contribution in [1.82, 2.24) is 4.90 Å². The van der Waals surface area contributed by atoms with Gasteiger partial charge in [0.1, 0.15) is 0 Å². The lowest BCUT2D eigenvalue weighted by Crippen LogP contribution is -2.45. The van der Waals surface area contributed by atoms with Crippen molar-refractivity contribution in [1.29, 1.82) is 0 Å². The van der Waals surface area contributed by atoms with Gasteiger partial charge in [0.05, 0.1) is 12.5 Å². The van der Waals surface area contributed by atoms with Crippen LogP contribution in [0.5, 0.6) is 0 Å². The smallest absolute Gasteiger partial charge is 0.227 e. The molecule has 2 N–H and O–H groups in total. The lowest BCUT2D eigenvalue weighted by atomic mass is 9.94. The monoisotopic (exact) mass is 254 g/mol. The second-order valence-corrected chi connectivity index (χ2v) is 5.66. The van der Waals surface area contributed by atoms with Crippen LogP contribution in [0.3, 0.4) is 0 Å². The first-order valence-corrected chi connectivity index (χ1v) is 7.29. The van der Waals surface area contributed by atoms with Crippen LogP contribution in [0.2, 0.25) is 0 Å². The third kappa shape index (κ3) is 3.45. The molecule has 2 fully saturated rings. The Morgan fingerprint density at radius 1 is 1.22 bits per heavy atom. The minimum absolute atomic E-state index is 0.0463. The fourth-order valence-corrected chi connectivity index (χ4v) is 2.90. The zero-order valence-electron chi connectivity index (χ0n) is 11.4. The Morgan fingerprint density at radius 3 is 2.61 bits per heavy atom. The molecule has 4 nitrogen and oxygen atoms in total. The maximum atomic E-state index is 12.6. The van der Waals surface area contributed by atoms with Gasteiger partial charge in [-0.2, -0.15) is 0 Å². The summed E-state index contributed by atoms with van der Waals surface area (Å²) in [5.74, 6) is 0.328. The fourth-order valence-electron chi connectivity index (χ4n) is 2.90. The Labute approximate surface area is 110 Å². The number of carbonyl (C=O) groups is 1. The highest BCUT2D eigenvalue weighted by molar-refractivity contribution is 5.80. The largest absolute Gasteiger partial charge is 0.383 e. The summed E-state index contributed by atoms with van der Waals surface area (Å²) in [6.45, 7) is 1.35. The van der Waals surface area contributed by atoms with Gasteiger partial charge < -0.3 is 15.4 Å². The van der Waals surface area contributed by atoms with Gasteiger partial charge in [0.15, 0.2) is 0 Å². The van der Waals surface area contributed by atoms with Crippen molar-refractivity contribution in [3.8, 4) is 0 Å². The van der Waals surface area contributed by atoms with Crippen LogP contribution in [0.25, 0.3) is 0 Å². The van der Waals surface area contributed by atoms with Crippen molar-refractivity contribution in [2.45, 2.75) is 57.0 Å². The number of hydrogen-bond acceptors (Lipinski definition) is 3. The first-order chi connectivity index (χ1) is 8.74. The van der Waals surface area contributed by atoms with Gasteiger partial charge in [-0.15, -0.1) is 0 Å². The summed E-state index contributed by atoms with van der Waals surface area (Å²) >= 11 is 0. The lowest BCUT2D eigenvalue weighted by Gasteiger charge is -2.29. The predicted octanol–water partition coefficient (Wildman–Crippen LogP) is 1.53. The molecule has 0 aliphatic heterocycles. The van der Waals surface area contributed by atoms with E-state index in [9.17, 15) is 4.79 Å². The summed E-state index contributed by atoms with van der Waals surface area (Å²) in [7, 11) is 1.69. The minimum Gasteiger partial charge on any atom is -0.383 e. The molecule has 0 spiro atoms. The highest BCUT2D eigenvalue weighted by Gasteiger charge is 2.37. The number of rotatable bonds is 5. The van der Waals surface area contributed by atoms with Crippen LogP contribution < -0.4 is 5.73 Å². The zero-order chi connectivity index (χ0) is 13.0. The predicted molar refractivity (Wildman–Crippen MR) is 71.2 cm³/mol. The number of ether oxygens (including phenoxy) is 1. The van der Waals surface area contributed by atoms with Gasteiger partial charge in [0.2, 0.25) is 5.91 Å². The second kappa shape index (κ2) is 6.53. The van der Waals surface area contributed by atoms with Gasteiger partial charge in [-0.1, -0.05) is 19.3 Å². The highest BCUT2D eigenvalue weighted by atomic mass is 16.5. The van der Waals surface area contributed by atoms with E-state index in [0.29, 0.717) is 12.6 Å². The van der Waals surface area contributed by atoms with Crippen molar-refractivity contribution >= 4 is 5.91 Å². The van der Waals surface area contributed by atoms with Crippen LogP contribution in [0.1, 0.15) is 44.9 Å². The van der Waals surface area contributed by atoms with Crippen molar-refractivity contribution in [3.05, 3.63) is 0 Å². The number of carbonyl (C=O) groups excluding carboxylic acids is 1. The Morgan fingerprint density at radius 2 is 1.94 bits per heavy atom. The van der Waals surface area contributed by atoms with Crippen LogP contribution in [0.15, 0.2) is 0 Å². The van der Waals surface area contributed by atoms with E-state index in [2.05, 4.69) is 0 Å². The van der Waals surface area contributed by atoms with E-state index in [1.54, 1.807) is 7.11 Å². The Kier molecular flexibility index (Phi) is 5.01. The van der Waals surface area contributed by atoms with E-state index >= 15 is 0 Å². The molecule has 0 bridgehead atoms. The number of hydrogen-bond donors (Lipinski definition) is 1. The molecule has 2 atom stereocenters. The van der Waals surface area contributed by atoms with Gasteiger partial charge >= 0.3 is 0 Å².